The van der Waals surface area contributed by atoms with Crippen LogP contribution in [0, 0.1) is 22.7 Å². The minimum atomic E-state index is -0.986. The van der Waals surface area contributed by atoms with Gasteiger partial charge in [0.1, 0.15) is 12.6 Å². The van der Waals surface area contributed by atoms with E-state index < -0.39 is 5.97 Å². The van der Waals surface area contributed by atoms with Crippen molar-refractivity contribution in [3.63, 3.8) is 0 Å². The number of benzene rings is 1. The SMILES string of the molecule is N#Cc1ccccc1-c1cn(CC(=O)O)cc1C#N. The van der Waals surface area contributed by atoms with Crippen molar-refractivity contribution in [1.82, 2.24) is 4.57 Å². The molecule has 0 fully saturated rings. The number of nitriles is 2. The summed E-state index contributed by atoms with van der Waals surface area (Å²) in [5.74, 6) is -0.986. The molecule has 1 aromatic carbocycles. The zero-order valence-corrected chi connectivity index (χ0v) is 9.87. The minimum absolute atomic E-state index is 0.219. The van der Waals surface area contributed by atoms with Gasteiger partial charge in [-0.05, 0) is 6.07 Å². The van der Waals surface area contributed by atoms with Crippen molar-refractivity contribution in [3.05, 3.63) is 47.8 Å². The fourth-order valence-electron chi connectivity index (χ4n) is 1.87. The van der Waals surface area contributed by atoms with E-state index in [1.54, 1.807) is 30.5 Å². The van der Waals surface area contributed by atoms with Gasteiger partial charge in [0.2, 0.25) is 0 Å². The topological polar surface area (TPSA) is 89.8 Å². The van der Waals surface area contributed by atoms with Crippen LogP contribution in [0.1, 0.15) is 11.1 Å². The van der Waals surface area contributed by atoms with E-state index in [0.29, 0.717) is 22.3 Å². The highest BCUT2D eigenvalue weighted by Crippen LogP contribution is 2.27. The number of aromatic nitrogens is 1. The van der Waals surface area contributed by atoms with Crippen LogP contribution < -0.4 is 0 Å². The van der Waals surface area contributed by atoms with Crippen LogP contribution in [-0.4, -0.2) is 15.6 Å². The monoisotopic (exact) mass is 251 g/mol. The zero-order valence-electron chi connectivity index (χ0n) is 9.87. The van der Waals surface area contributed by atoms with Gasteiger partial charge in [-0.3, -0.25) is 4.79 Å². The maximum absolute atomic E-state index is 10.7. The van der Waals surface area contributed by atoms with E-state index in [0.717, 1.165) is 0 Å². The Morgan fingerprint density at radius 2 is 1.79 bits per heavy atom. The van der Waals surface area contributed by atoms with Crippen LogP contribution in [-0.2, 0) is 11.3 Å². The molecular weight excluding hydrogens is 242 g/mol. The molecule has 0 radical (unpaired) electrons. The molecule has 0 aliphatic rings. The third-order valence-corrected chi connectivity index (χ3v) is 2.66. The first-order chi connectivity index (χ1) is 9.15. The van der Waals surface area contributed by atoms with Gasteiger partial charge in [-0.1, -0.05) is 18.2 Å². The van der Waals surface area contributed by atoms with Crippen LogP contribution in [0.5, 0.6) is 0 Å². The maximum atomic E-state index is 10.7. The lowest BCUT2D eigenvalue weighted by Gasteiger charge is -2.01. The average Bonchev–Trinajstić information content (AvgIpc) is 2.80. The van der Waals surface area contributed by atoms with Crippen molar-refractivity contribution in [2.75, 3.05) is 0 Å². The Kier molecular flexibility index (Phi) is 3.31. The van der Waals surface area contributed by atoms with E-state index in [9.17, 15) is 4.79 Å². The van der Waals surface area contributed by atoms with E-state index in [2.05, 4.69) is 6.07 Å². The number of rotatable bonds is 3. The number of nitrogens with zero attached hydrogens (tertiary/aromatic N) is 3. The molecule has 2 rings (SSSR count). The summed E-state index contributed by atoms with van der Waals surface area (Å²) >= 11 is 0. The smallest absolute Gasteiger partial charge is 0.323 e. The number of hydrogen-bond donors (Lipinski definition) is 1. The molecule has 1 N–H and O–H groups in total. The van der Waals surface area contributed by atoms with Gasteiger partial charge < -0.3 is 9.67 Å². The lowest BCUT2D eigenvalue weighted by Crippen LogP contribution is -2.06. The average molecular weight is 251 g/mol. The molecule has 19 heavy (non-hydrogen) atoms. The van der Waals surface area contributed by atoms with Crippen LogP contribution in [0.3, 0.4) is 0 Å². The first-order valence-corrected chi connectivity index (χ1v) is 5.47. The van der Waals surface area contributed by atoms with Gasteiger partial charge in [-0.15, -0.1) is 0 Å². The van der Waals surface area contributed by atoms with Crippen molar-refractivity contribution in [2.45, 2.75) is 6.54 Å². The highest BCUT2D eigenvalue weighted by molar-refractivity contribution is 5.76. The minimum Gasteiger partial charge on any atom is -0.480 e. The number of carbonyl (C=O) groups is 1. The second-order valence-electron chi connectivity index (χ2n) is 3.92. The maximum Gasteiger partial charge on any atom is 0.323 e. The van der Waals surface area contributed by atoms with Crippen LogP contribution in [0.4, 0.5) is 0 Å². The summed E-state index contributed by atoms with van der Waals surface area (Å²) in [6.45, 7) is -0.219. The Morgan fingerprint density at radius 1 is 1.11 bits per heavy atom. The summed E-state index contributed by atoms with van der Waals surface area (Å²) in [4.78, 5) is 10.7. The Hall–Kier alpha value is -3.05. The van der Waals surface area contributed by atoms with E-state index in [1.165, 1.54) is 10.8 Å². The van der Waals surface area contributed by atoms with Gasteiger partial charge in [0.05, 0.1) is 17.2 Å². The van der Waals surface area contributed by atoms with Gasteiger partial charge >= 0.3 is 5.97 Å². The Morgan fingerprint density at radius 3 is 2.42 bits per heavy atom. The molecule has 92 valence electrons. The normalized spacial score (nSPS) is 9.58. The van der Waals surface area contributed by atoms with Crippen molar-refractivity contribution in [2.24, 2.45) is 0 Å². The largest absolute Gasteiger partial charge is 0.480 e. The molecule has 1 aromatic heterocycles. The second kappa shape index (κ2) is 5.07. The van der Waals surface area contributed by atoms with E-state index in [4.69, 9.17) is 15.6 Å². The van der Waals surface area contributed by atoms with Crippen molar-refractivity contribution < 1.29 is 9.90 Å². The predicted molar refractivity (Wildman–Crippen MR) is 66.9 cm³/mol. The van der Waals surface area contributed by atoms with Gasteiger partial charge in [-0.2, -0.15) is 10.5 Å². The fraction of sp³-hybridized carbons (Fsp3) is 0.0714. The number of hydrogen-bond acceptors (Lipinski definition) is 3. The Bertz CT molecular complexity index is 717. The van der Waals surface area contributed by atoms with Gasteiger partial charge in [0.25, 0.3) is 0 Å². The van der Waals surface area contributed by atoms with Crippen LogP contribution in [0.25, 0.3) is 11.1 Å². The third kappa shape index (κ3) is 2.46. The first kappa shape index (κ1) is 12.4. The zero-order chi connectivity index (χ0) is 13.8. The molecule has 2 aromatic rings. The number of carboxylic acid groups (broad SMARTS) is 1. The summed E-state index contributed by atoms with van der Waals surface area (Å²) in [6, 6.07) is 11.0. The standard InChI is InChI=1S/C14H9N3O2/c15-5-10-3-1-2-4-12(10)13-8-17(9-14(18)19)7-11(13)6-16/h1-4,7-8H,9H2,(H,18,19). The van der Waals surface area contributed by atoms with Crippen molar-refractivity contribution in [3.8, 4) is 23.3 Å². The van der Waals surface area contributed by atoms with E-state index in [1.807, 2.05) is 6.07 Å². The molecule has 0 spiro atoms. The lowest BCUT2D eigenvalue weighted by molar-refractivity contribution is -0.137. The predicted octanol–water partition coefficient (Wildman–Crippen LogP) is 1.98. The molecule has 5 heteroatoms. The molecule has 0 unspecified atom stereocenters. The number of carboxylic acids is 1. The van der Waals surface area contributed by atoms with Crippen molar-refractivity contribution in [1.29, 1.82) is 10.5 Å². The highest BCUT2D eigenvalue weighted by atomic mass is 16.4. The van der Waals surface area contributed by atoms with Gasteiger partial charge in [-0.25, -0.2) is 0 Å². The van der Waals surface area contributed by atoms with E-state index >= 15 is 0 Å². The fourth-order valence-corrected chi connectivity index (χ4v) is 1.87. The van der Waals surface area contributed by atoms with Crippen LogP contribution in [0.2, 0.25) is 0 Å². The summed E-state index contributed by atoms with van der Waals surface area (Å²) in [7, 11) is 0. The van der Waals surface area contributed by atoms with Crippen LogP contribution >= 0.6 is 0 Å². The molecule has 0 aliphatic heterocycles. The first-order valence-electron chi connectivity index (χ1n) is 5.47. The Balaban J connectivity index is 2.56. The molecule has 5 nitrogen and oxygen atoms in total. The van der Waals surface area contributed by atoms with Gasteiger partial charge in [0.15, 0.2) is 0 Å². The van der Waals surface area contributed by atoms with Crippen molar-refractivity contribution >= 4 is 5.97 Å². The molecule has 0 atom stereocenters. The van der Waals surface area contributed by atoms with Crippen LogP contribution in [0.15, 0.2) is 36.7 Å². The number of aliphatic carboxylic acids is 1. The van der Waals surface area contributed by atoms with Gasteiger partial charge in [0, 0.05) is 23.5 Å². The Labute approximate surface area is 109 Å². The van der Waals surface area contributed by atoms with E-state index in [-0.39, 0.29) is 6.54 Å². The molecule has 0 bridgehead atoms. The summed E-state index contributed by atoms with van der Waals surface area (Å²) < 4.78 is 1.42. The summed E-state index contributed by atoms with van der Waals surface area (Å²) in [5.41, 5.74) is 2.00. The molecule has 0 saturated heterocycles. The molecule has 1 heterocycles. The molecule has 0 aliphatic carbocycles. The third-order valence-electron chi connectivity index (χ3n) is 2.66. The summed E-state index contributed by atoms with van der Waals surface area (Å²) in [6.07, 6.45) is 3.04. The highest BCUT2D eigenvalue weighted by Gasteiger charge is 2.13. The lowest BCUT2D eigenvalue weighted by atomic mass is 10.0. The molecule has 0 amide bonds. The molecular formula is C14H9N3O2. The second-order valence-corrected chi connectivity index (χ2v) is 3.92. The quantitative estimate of drug-likeness (QED) is 0.903. The summed E-state index contributed by atoms with van der Waals surface area (Å²) in [5, 5.41) is 26.9. The molecule has 0 saturated carbocycles.